The molecule has 82 valence electrons. The molecule has 1 aliphatic rings. The summed E-state index contributed by atoms with van der Waals surface area (Å²) in [6.45, 7) is 10.8. The first kappa shape index (κ1) is 11.5. The van der Waals surface area contributed by atoms with Crippen LogP contribution in [0.3, 0.4) is 0 Å². The molecular weight excluding hydrogens is 178 g/mol. The van der Waals surface area contributed by atoms with Crippen LogP contribution in [0.4, 0.5) is 0 Å². The number of piperazine rings is 1. The molecule has 0 aromatic carbocycles. The standard InChI is InChI=1S/C10H21N3O/c1-3-11-4-5-12-6-8-13(9-7-12)10(2)14/h11H,3-9H2,1-2H3. The van der Waals surface area contributed by atoms with Gasteiger partial charge >= 0.3 is 0 Å². The van der Waals surface area contributed by atoms with Gasteiger partial charge in [0.15, 0.2) is 0 Å². The number of hydrogen-bond donors (Lipinski definition) is 1. The number of hydrogen-bond acceptors (Lipinski definition) is 3. The van der Waals surface area contributed by atoms with E-state index in [9.17, 15) is 4.79 Å². The molecule has 1 saturated heterocycles. The second kappa shape index (κ2) is 5.98. The monoisotopic (exact) mass is 199 g/mol. The highest BCUT2D eigenvalue weighted by atomic mass is 16.2. The first-order chi connectivity index (χ1) is 6.74. The highest BCUT2D eigenvalue weighted by Crippen LogP contribution is 2.00. The Morgan fingerprint density at radius 2 is 1.93 bits per heavy atom. The van der Waals surface area contributed by atoms with Crippen LogP contribution in [-0.2, 0) is 4.79 Å². The van der Waals surface area contributed by atoms with Crippen molar-refractivity contribution in [2.45, 2.75) is 13.8 Å². The van der Waals surface area contributed by atoms with Crippen LogP contribution in [0.2, 0.25) is 0 Å². The quantitative estimate of drug-likeness (QED) is 0.635. The van der Waals surface area contributed by atoms with Gasteiger partial charge in [-0.15, -0.1) is 0 Å². The molecule has 0 bridgehead atoms. The zero-order valence-electron chi connectivity index (χ0n) is 9.25. The van der Waals surface area contributed by atoms with Crippen LogP contribution in [-0.4, -0.2) is 61.5 Å². The molecule has 4 nitrogen and oxygen atoms in total. The predicted molar refractivity (Wildman–Crippen MR) is 57.2 cm³/mol. The minimum absolute atomic E-state index is 0.205. The molecule has 1 N–H and O–H groups in total. The fourth-order valence-electron chi connectivity index (χ4n) is 1.70. The van der Waals surface area contributed by atoms with Gasteiger partial charge in [-0.2, -0.15) is 0 Å². The number of likely N-dealkylation sites (N-methyl/N-ethyl adjacent to an activating group) is 1. The Labute approximate surface area is 86.2 Å². The van der Waals surface area contributed by atoms with Gasteiger partial charge in [0.25, 0.3) is 0 Å². The van der Waals surface area contributed by atoms with Crippen molar-refractivity contribution in [3.05, 3.63) is 0 Å². The third-order valence-corrected chi connectivity index (χ3v) is 2.67. The van der Waals surface area contributed by atoms with Crippen LogP contribution in [0.1, 0.15) is 13.8 Å². The number of carbonyl (C=O) groups is 1. The van der Waals surface area contributed by atoms with Gasteiger partial charge in [-0.3, -0.25) is 9.69 Å². The molecule has 1 heterocycles. The van der Waals surface area contributed by atoms with Crippen molar-refractivity contribution in [2.24, 2.45) is 0 Å². The molecule has 0 aromatic rings. The number of nitrogens with one attached hydrogen (secondary N) is 1. The Morgan fingerprint density at radius 1 is 1.29 bits per heavy atom. The molecule has 0 radical (unpaired) electrons. The predicted octanol–water partition coefficient (Wildman–Crippen LogP) is -0.240. The third kappa shape index (κ3) is 3.64. The fraction of sp³-hybridized carbons (Fsp3) is 0.900. The molecule has 4 heteroatoms. The maximum Gasteiger partial charge on any atom is 0.219 e. The summed E-state index contributed by atoms with van der Waals surface area (Å²) in [7, 11) is 0. The van der Waals surface area contributed by atoms with Gasteiger partial charge in [0, 0.05) is 46.2 Å². The average Bonchev–Trinajstić information content (AvgIpc) is 2.19. The third-order valence-electron chi connectivity index (χ3n) is 2.67. The first-order valence-electron chi connectivity index (χ1n) is 5.42. The molecule has 0 spiro atoms. The van der Waals surface area contributed by atoms with Crippen molar-refractivity contribution < 1.29 is 4.79 Å². The number of carbonyl (C=O) groups excluding carboxylic acids is 1. The van der Waals surface area contributed by atoms with Gasteiger partial charge in [0.2, 0.25) is 5.91 Å². The fourth-order valence-corrected chi connectivity index (χ4v) is 1.70. The van der Waals surface area contributed by atoms with Crippen molar-refractivity contribution in [1.82, 2.24) is 15.1 Å². The van der Waals surface area contributed by atoms with E-state index in [2.05, 4.69) is 17.1 Å². The van der Waals surface area contributed by atoms with Crippen LogP contribution >= 0.6 is 0 Å². The van der Waals surface area contributed by atoms with Crippen molar-refractivity contribution in [2.75, 3.05) is 45.8 Å². The van der Waals surface area contributed by atoms with Gasteiger partial charge < -0.3 is 10.2 Å². The summed E-state index contributed by atoms with van der Waals surface area (Å²) < 4.78 is 0. The Kier molecular flexibility index (Phi) is 4.90. The molecule has 0 unspecified atom stereocenters. The molecule has 0 aliphatic carbocycles. The van der Waals surface area contributed by atoms with Crippen molar-refractivity contribution in [3.8, 4) is 0 Å². The summed E-state index contributed by atoms with van der Waals surface area (Å²) in [5.41, 5.74) is 0. The lowest BCUT2D eigenvalue weighted by atomic mass is 10.3. The highest BCUT2D eigenvalue weighted by Gasteiger charge is 2.17. The molecule has 1 fully saturated rings. The molecule has 0 aromatic heterocycles. The van der Waals surface area contributed by atoms with E-state index >= 15 is 0 Å². The minimum atomic E-state index is 0.205. The summed E-state index contributed by atoms with van der Waals surface area (Å²) in [6.07, 6.45) is 0. The maximum absolute atomic E-state index is 11.1. The second-order valence-corrected chi connectivity index (χ2v) is 3.70. The van der Waals surface area contributed by atoms with Crippen molar-refractivity contribution in [3.63, 3.8) is 0 Å². The topological polar surface area (TPSA) is 35.6 Å². The van der Waals surface area contributed by atoms with Crippen molar-refractivity contribution in [1.29, 1.82) is 0 Å². The van der Waals surface area contributed by atoms with E-state index in [1.54, 1.807) is 6.92 Å². The normalized spacial score (nSPS) is 18.6. The van der Waals surface area contributed by atoms with E-state index in [4.69, 9.17) is 0 Å². The van der Waals surface area contributed by atoms with Crippen molar-refractivity contribution >= 4 is 5.91 Å². The lowest BCUT2D eigenvalue weighted by Crippen LogP contribution is -2.49. The second-order valence-electron chi connectivity index (χ2n) is 3.70. The van der Waals surface area contributed by atoms with E-state index in [1.165, 1.54) is 0 Å². The molecule has 0 saturated carbocycles. The van der Waals surface area contributed by atoms with Crippen LogP contribution < -0.4 is 5.32 Å². The van der Waals surface area contributed by atoms with Gasteiger partial charge in [-0.1, -0.05) is 6.92 Å². The zero-order valence-corrected chi connectivity index (χ0v) is 9.25. The number of nitrogens with zero attached hydrogens (tertiary/aromatic N) is 2. The summed E-state index contributed by atoms with van der Waals surface area (Å²) in [6, 6.07) is 0. The first-order valence-corrected chi connectivity index (χ1v) is 5.42. The van der Waals surface area contributed by atoms with E-state index in [0.717, 1.165) is 45.8 Å². The molecule has 1 amide bonds. The molecule has 1 aliphatic heterocycles. The van der Waals surface area contributed by atoms with E-state index in [-0.39, 0.29) is 5.91 Å². The highest BCUT2D eigenvalue weighted by molar-refractivity contribution is 5.73. The van der Waals surface area contributed by atoms with E-state index < -0.39 is 0 Å². The molecular formula is C10H21N3O. The van der Waals surface area contributed by atoms with Gasteiger partial charge in [-0.05, 0) is 6.54 Å². The van der Waals surface area contributed by atoms with E-state index in [1.807, 2.05) is 4.90 Å². The average molecular weight is 199 g/mol. The summed E-state index contributed by atoms with van der Waals surface area (Å²) in [5.74, 6) is 0.205. The van der Waals surface area contributed by atoms with Crippen LogP contribution in [0.15, 0.2) is 0 Å². The number of rotatable bonds is 4. The van der Waals surface area contributed by atoms with Crippen LogP contribution in [0.5, 0.6) is 0 Å². The van der Waals surface area contributed by atoms with Gasteiger partial charge in [0.05, 0.1) is 0 Å². The Bertz CT molecular complexity index is 176. The molecule has 0 atom stereocenters. The van der Waals surface area contributed by atoms with Gasteiger partial charge in [-0.25, -0.2) is 0 Å². The SMILES string of the molecule is CCNCCN1CCN(C(C)=O)CC1. The lowest BCUT2D eigenvalue weighted by molar-refractivity contribution is -0.130. The Morgan fingerprint density at radius 3 is 2.43 bits per heavy atom. The van der Waals surface area contributed by atoms with Gasteiger partial charge in [0.1, 0.15) is 0 Å². The molecule has 14 heavy (non-hydrogen) atoms. The van der Waals surface area contributed by atoms with Crippen LogP contribution in [0.25, 0.3) is 0 Å². The molecule has 1 rings (SSSR count). The minimum Gasteiger partial charge on any atom is -0.340 e. The smallest absolute Gasteiger partial charge is 0.219 e. The van der Waals surface area contributed by atoms with E-state index in [0.29, 0.717) is 0 Å². The largest absolute Gasteiger partial charge is 0.340 e. The summed E-state index contributed by atoms with van der Waals surface area (Å²) >= 11 is 0. The maximum atomic E-state index is 11.1. The summed E-state index contributed by atoms with van der Waals surface area (Å²) in [4.78, 5) is 15.4. The number of amides is 1. The zero-order chi connectivity index (χ0) is 10.4. The Balaban J connectivity index is 2.12. The lowest BCUT2D eigenvalue weighted by Gasteiger charge is -2.34. The van der Waals surface area contributed by atoms with Crippen LogP contribution in [0, 0.1) is 0 Å². The Hall–Kier alpha value is -0.610. The summed E-state index contributed by atoms with van der Waals surface area (Å²) in [5, 5.41) is 3.31.